The molecule has 7 heteroatoms. The quantitative estimate of drug-likeness (QED) is 0.486. The first-order valence-electron chi connectivity index (χ1n) is 4.04. The van der Waals surface area contributed by atoms with Gasteiger partial charge in [0.25, 0.3) is 0 Å². The monoisotopic (exact) mass is 202 g/mol. The van der Waals surface area contributed by atoms with Crippen molar-refractivity contribution in [3.63, 3.8) is 0 Å². The molecule has 6 nitrogen and oxygen atoms in total. The molecule has 0 atom stereocenters. The number of aromatic amines is 1. The van der Waals surface area contributed by atoms with Gasteiger partial charge in [-0.3, -0.25) is 5.10 Å². The van der Waals surface area contributed by atoms with Crippen LogP contribution in [0.25, 0.3) is 0 Å². The minimum Gasteiger partial charge on any atom is -0.497 e. The standard InChI is InChI=1S/C4H10O.C3H5BN2O3/c1-4(2,3)5;7-4(8)9-3-1-2-5-6-3/h5H,1-3H3;1-2,7-8H,(H,5,6). The lowest BCUT2D eigenvalue weighted by atomic mass is 10.2. The Bertz CT molecular complexity index is 226. The SMILES string of the molecule is CC(C)(C)O.OB(O)Oc1cc[nH]n1. The Balaban J connectivity index is 0.000000292. The normalized spacial score (nSPS) is 10.1. The average Bonchev–Trinajstić information content (AvgIpc) is 2.33. The molecule has 0 aliphatic rings. The molecule has 1 heterocycles. The van der Waals surface area contributed by atoms with Gasteiger partial charge in [-0.2, -0.15) is 0 Å². The summed E-state index contributed by atoms with van der Waals surface area (Å²) in [6, 6.07) is 1.47. The zero-order valence-corrected chi connectivity index (χ0v) is 8.43. The molecular weight excluding hydrogens is 187 g/mol. The summed E-state index contributed by atoms with van der Waals surface area (Å²) < 4.78 is 4.32. The summed E-state index contributed by atoms with van der Waals surface area (Å²) in [6.45, 7) is 5.23. The van der Waals surface area contributed by atoms with E-state index in [4.69, 9.17) is 15.2 Å². The van der Waals surface area contributed by atoms with Gasteiger partial charge in [-0.25, -0.2) is 0 Å². The number of hydrogen-bond acceptors (Lipinski definition) is 5. The summed E-state index contributed by atoms with van der Waals surface area (Å²) in [5, 5.41) is 30.9. The number of rotatable bonds is 2. The van der Waals surface area contributed by atoms with E-state index in [1.807, 2.05) is 0 Å². The van der Waals surface area contributed by atoms with Gasteiger partial charge in [-0.15, -0.1) is 5.10 Å². The fourth-order valence-electron chi connectivity index (χ4n) is 0.420. The van der Waals surface area contributed by atoms with Crippen LogP contribution in [0.3, 0.4) is 0 Å². The van der Waals surface area contributed by atoms with E-state index < -0.39 is 12.9 Å². The molecule has 0 aromatic carbocycles. The van der Waals surface area contributed by atoms with E-state index in [0.29, 0.717) is 0 Å². The number of nitrogens with one attached hydrogen (secondary N) is 1. The van der Waals surface area contributed by atoms with E-state index in [1.165, 1.54) is 12.3 Å². The molecule has 0 spiro atoms. The van der Waals surface area contributed by atoms with Gasteiger partial charge >= 0.3 is 7.32 Å². The second-order valence-electron chi connectivity index (χ2n) is 3.53. The van der Waals surface area contributed by atoms with Gasteiger partial charge in [-0.05, 0) is 20.8 Å². The molecule has 0 saturated carbocycles. The van der Waals surface area contributed by atoms with Crippen LogP contribution in [0.15, 0.2) is 12.3 Å². The Morgan fingerprint density at radius 2 is 1.93 bits per heavy atom. The number of H-pyrrole nitrogens is 1. The average molecular weight is 202 g/mol. The lowest BCUT2D eigenvalue weighted by Gasteiger charge is -2.04. The number of aliphatic hydroxyl groups is 1. The lowest BCUT2D eigenvalue weighted by Crippen LogP contribution is -2.20. The summed E-state index contributed by atoms with van der Waals surface area (Å²) in [4.78, 5) is 0. The summed E-state index contributed by atoms with van der Waals surface area (Å²) in [5.41, 5.74) is -0.500. The molecule has 1 aromatic rings. The van der Waals surface area contributed by atoms with Gasteiger partial charge in [0, 0.05) is 12.3 Å². The van der Waals surface area contributed by atoms with E-state index in [2.05, 4.69) is 14.9 Å². The molecule has 14 heavy (non-hydrogen) atoms. The summed E-state index contributed by atoms with van der Waals surface area (Å²) in [7, 11) is -1.80. The van der Waals surface area contributed by atoms with Gasteiger partial charge < -0.3 is 19.8 Å². The molecule has 0 radical (unpaired) electrons. The molecule has 0 bridgehead atoms. The predicted molar refractivity (Wildman–Crippen MR) is 51.4 cm³/mol. The third-order valence-corrected chi connectivity index (χ3v) is 0.701. The van der Waals surface area contributed by atoms with Crippen LogP contribution in [-0.4, -0.2) is 38.3 Å². The summed E-state index contributed by atoms with van der Waals surface area (Å²) in [6.07, 6.45) is 1.51. The van der Waals surface area contributed by atoms with Crippen LogP contribution in [-0.2, 0) is 0 Å². The summed E-state index contributed by atoms with van der Waals surface area (Å²) in [5.74, 6) is 0.157. The number of hydrogen-bond donors (Lipinski definition) is 4. The molecule has 0 amide bonds. The van der Waals surface area contributed by atoms with E-state index in [-0.39, 0.29) is 5.88 Å². The molecule has 1 aromatic heterocycles. The second kappa shape index (κ2) is 5.64. The topological polar surface area (TPSA) is 98.6 Å². The van der Waals surface area contributed by atoms with Crippen LogP contribution in [0.4, 0.5) is 0 Å². The Morgan fingerprint density at radius 3 is 2.21 bits per heavy atom. The smallest absolute Gasteiger partial charge is 0.497 e. The highest BCUT2D eigenvalue weighted by Gasteiger charge is 2.11. The van der Waals surface area contributed by atoms with E-state index in [0.717, 1.165) is 0 Å². The maximum atomic E-state index is 8.52. The van der Waals surface area contributed by atoms with Crippen LogP contribution in [0.1, 0.15) is 20.8 Å². The molecule has 80 valence electrons. The van der Waals surface area contributed by atoms with Crippen molar-refractivity contribution in [2.45, 2.75) is 26.4 Å². The van der Waals surface area contributed by atoms with Gasteiger partial charge in [-0.1, -0.05) is 0 Å². The molecule has 4 N–H and O–H groups in total. The summed E-state index contributed by atoms with van der Waals surface area (Å²) >= 11 is 0. The van der Waals surface area contributed by atoms with Crippen molar-refractivity contribution in [2.75, 3.05) is 0 Å². The first-order chi connectivity index (χ1) is 6.29. The van der Waals surface area contributed by atoms with Crippen molar-refractivity contribution in [1.29, 1.82) is 0 Å². The van der Waals surface area contributed by atoms with E-state index in [9.17, 15) is 0 Å². The highest BCUT2D eigenvalue weighted by Crippen LogP contribution is 2.00. The Kier molecular flexibility index (Phi) is 5.22. The molecular formula is C7H15BN2O4. The van der Waals surface area contributed by atoms with Crippen molar-refractivity contribution in [3.8, 4) is 5.88 Å². The zero-order valence-electron chi connectivity index (χ0n) is 8.43. The van der Waals surface area contributed by atoms with E-state index >= 15 is 0 Å². The fraction of sp³-hybridized carbons (Fsp3) is 0.571. The van der Waals surface area contributed by atoms with Crippen LogP contribution in [0.5, 0.6) is 5.88 Å². The minimum absolute atomic E-state index is 0.157. The van der Waals surface area contributed by atoms with Crippen LogP contribution in [0.2, 0.25) is 0 Å². The molecule has 0 saturated heterocycles. The second-order valence-corrected chi connectivity index (χ2v) is 3.53. The maximum Gasteiger partial charge on any atom is 0.708 e. The first-order valence-corrected chi connectivity index (χ1v) is 4.04. The fourth-order valence-corrected chi connectivity index (χ4v) is 0.420. The molecule has 1 rings (SSSR count). The van der Waals surface area contributed by atoms with Gasteiger partial charge in [0.2, 0.25) is 5.88 Å². The molecule has 0 aliphatic heterocycles. The third-order valence-electron chi connectivity index (χ3n) is 0.701. The van der Waals surface area contributed by atoms with Crippen molar-refractivity contribution in [1.82, 2.24) is 10.2 Å². The Hall–Kier alpha value is -1.05. The van der Waals surface area contributed by atoms with Crippen LogP contribution in [0, 0.1) is 0 Å². The van der Waals surface area contributed by atoms with E-state index in [1.54, 1.807) is 20.8 Å². The Morgan fingerprint density at radius 1 is 1.43 bits per heavy atom. The Labute approximate surface area is 82.7 Å². The zero-order chi connectivity index (χ0) is 11.2. The van der Waals surface area contributed by atoms with Crippen molar-refractivity contribution in [3.05, 3.63) is 12.3 Å². The number of nitrogens with zero attached hydrogens (tertiary/aromatic N) is 1. The molecule has 0 unspecified atom stereocenters. The first kappa shape index (κ1) is 13.0. The molecule has 0 fully saturated rings. The third kappa shape index (κ3) is 11.0. The minimum atomic E-state index is -1.80. The predicted octanol–water partition coefficient (Wildman–Crippen LogP) is -0.465. The van der Waals surface area contributed by atoms with Crippen LogP contribution >= 0.6 is 0 Å². The maximum absolute atomic E-state index is 8.52. The van der Waals surface area contributed by atoms with Crippen LogP contribution < -0.4 is 4.65 Å². The number of aromatic nitrogens is 2. The highest BCUT2D eigenvalue weighted by molar-refractivity contribution is 6.33. The van der Waals surface area contributed by atoms with Gasteiger partial charge in [0.15, 0.2) is 0 Å². The molecule has 0 aliphatic carbocycles. The largest absolute Gasteiger partial charge is 0.708 e. The lowest BCUT2D eigenvalue weighted by molar-refractivity contribution is 0.102. The van der Waals surface area contributed by atoms with Gasteiger partial charge in [0.1, 0.15) is 0 Å². The van der Waals surface area contributed by atoms with Gasteiger partial charge in [0.05, 0.1) is 5.60 Å². The highest BCUT2D eigenvalue weighted by atomic mass is 16.6. The van der Waals surface area contributed by atoms with Crippen molar-refractivity contribution < 1.29 is 19.8 Å². The van der Waals surface area contributed by atoms with Crippen molar-refractivity contribution in [2.24, 2.45) is 0 Å². The van der Waals surface area contributed by atoms with Crippen molar-refractivity contribution >= 4 is 7.32 Å².